The van der Waals surface area contributed by atoms with Crippen molar-refractivity contribution in [2.75, 3.05) is 6.54 Å². The summed E-state index contributed by atoms with van der Waals surface area (Å²) in [5.74, 6) is -0.579. The molecule has 7 heteroatoms. The molecule has 134 valence electrons. The molecule has 3 rings (SSSR count). The predicted octanol–water partition coefficient (Wildman–Crippen LogP) is 3.89. The molecule has 0 spiro atoms. The monoisotopic (exact) mass is 355 g/mol. The average Bonchev–Trinajstić information content (AvgIpc) is 2.69. The maximum absolute atomic E-state index is 13.8. The van der Waals surface area contributed by atoms with Crippen LogP contribution >= 0.6 is 0 Å². The Labute approximate surface area is 150 Å². The van der Waals surface area contributed by atoms with Gasteiger partial charge in [-0.25, -0.2) is 9.18 Å². The lowest BCUT2D eigenvalue weighted by molar-refractivity contribution is -0.258. The highest BCUT2D eigenvalue weighted by atomic mass is 19.1. The highest BCUT2D eigenvalue weighted by Crippen LogP contribution is 2.30. The van der Waals surface area contributed by atoms with Gasteiger partial charge in [0.1, 0.15) is 12.4 Å². The van der Waals surface area contributed by atoms with Gasteiger partial charge in [-0.15, -0.1) is 0 Å². The van der Waals surface area contributed by atoms with E-state index in [1.807, 2.05) is 24.3 Å². The number of halogens is 1. The van der Waals surface area contributed by atoms with Crippen molar-refractivity contribution >= 4 is 6.09 Å². The maximum Gasteiger partial charge on any atom is 0.441 e. The van der Waals surface area contributed by atoms with Crippen molar-refractivity contribution in [3.8, 4) is 6.07 Å². The van der Waals surface area contributed by atoms with Gasteiger partial charge in [0.15, 0.2) is 0 Å². The first kappa shape index (κ1) is 17.8. The number of nitriles is 1. The molecule has 1 atom stereocenters. The van der Waals surface area contributed by atoms with Crippen LogP contribution in [0.1, 0.15) is 42.1 Å². The molecule has 0 bridgehead atoms. The normalized spacial score (nSPS) is 16.8. The zero-order valence-electron chi connectivity index (χ0n) is 14.1. The molecule has 1 saturated heterocycles. The Morgan fingerprint density at radius 3 is 2.96 bits per heavy atom. The van der Waals surface area contributed by atoms with Gasteiger partial charge in [-0.05, 0) is 43.5 Å². The number of carbonyl (C=O) groups is 1. The molecule has 1 aliphatic rings. The standard InChI is InChI=1S/C19H18FN3O3/c20-16-11-14(12-21)7-8-15(16)13-25-26-19(24)23-10-4-2-6-18(23)17-5-1-3-9-22-17/h1,3,5,7-9,11,18H,2,4,6,10,13H2. The molecule has 1 unspecified atom stereocenters. The fourth-order valence-corrected chi connectivity index (χ4v) is 2.96. The van der Waals surface area contributed by atoms with Crippen LogP contribution in [0.15, 0.2) is 42.6 Å². The molecule has 1 aromatic heterocycles. The predicted molar refractivity (Wildman–Crippen MR) is 89.9 cm³/mol. The molecule has 0 radical (unpaired) electrons. The molecular weight excluding hydrogens is 337 g/mol. The number of pyridine rings is 1. The Kier molecular flexibility index (Phi) is 5.77. The quantitative estimate of drug-likeness (QED) is 0.614. The SMILES string of the molecule is N#Cc1ccc(COOC(=O)N2CCCCC2c2ccccn2)c(F)c1. The van der Waals surface area contributed by atoms with Crippen molar-refractivity contribution < 1.29 is 19.0 Å². The summed E-state index contributed by atoms with van der Waals surface area (Å²) in [6.45, 7) is 0.319. The first-order valence-electron chi connectivity index (χ1n) is 8.38. The van der Waals surface area contributed by atoms with E-state index >= 15 is 0 Å². The second-order valence-electron chi connectivity index (χ2n) is 5.99. The van der Waals surface area contributed by atoms with Gasteiger partial charge < -0.3 is 0 Å². The van der Waals surface area contributed by atoms with Crippen LogP contribution in [-0.2, 0) is 16.4 Å². The van der Waals surface area contributed by atoms with Crippen LogP contribution in [0, 0.1) is 17.1 Å². The van der Waals surface area contributed by atoms with E-state index in [1.54, 1.807) is 11.1 Å². The number of rotatable bonds is 4. The first-order chi connectivity index (χ1) is 12.7. The minimum Gasteiger partial charge on any atom is -0.297 e. The number of aromatic nitrogens is 1. The zero-order chi connectivity index (χ0) is 18.4. The number of hydrogen-bond acceptors (Lipinski definition) is 5. The number of piperidine rings is 1. The molecule has 1 fully saturated rings. The van der Waals surface area contributed by atoms with Gasteiger partial charge in [-0.2, -0.15) is 10.1 Å². The van der Waals surface area contributed by atoms with Crippen molar-refractivity contribution in [1.29, 1.82) is 5.26 Å². The number of carbonyl (C=O) groups excluding carboxylic acids is 1. The van der Waals surface area contributed by atoms with Gasteiger partial charge in [-0.1, -0.05) is 12.1 Å². The van der Waals surface area contributed by atoms with E-state index in [9.17, 15) is 9.18 Å². The Morgan fingerprint density at radius 2 is 2.23 bits per heavy atom. The van der Waals surface area contributed by atoms with E-state index in [2.05, 4.69) is 4.98 Å². The lowest BCUT2D eigenvalue weighted by Crippen LogP contribution is -2.39. The molecule has 26 heavy (non-hydrogen) atoms. The van der Waals surface area contributed by atoms with E-state index in [1.165, 1.54) is 12.1 Å². The third kappa shape index (κ3) is 4.16. The minimum absolute atomic E-state index is 0.160. The van der Waals surface area contributed by atoms with Gasteiger partial charge >= 0.3 is 6.09 Å². The van der Waals surface area contributed by atoms with Crippen LogP contribution in [-0.4, -0.2) is 22.5 Å². The van der Waals surface area contributed by atoms with Gasteiger partial charge in [0.2, 0.25) is 0 Å². The average molecular weight is 355 g/mol. The van der Waals surface area contributed by atoms with Crippen LogP contribution in [0.25, 0.3) is 0 Å². The number of amides is 1. The summed E-state index contributed by atoms with van der Waals surface area (Å²) < 4.78 is 13.8. The number of nitrogens with zero attached hydrogens (tertiary/aromatic N) is 3. The van der Waals surface area contributed by atoms with Crippen LogP contribution in [0.3, 0.4) is 0 Å². The minimum atomic E-state index is -0.616. The van der Waals surface area contributed by atoms with Crippen molar-refractivity contribution in [2.45, 2.75) is 31.9 Å². The summed E-state index contributed by atoms with van der Waals surface area (Å²) in [6, 6.07) is 11.3. The highest BCUT2D eigenvalue weighted by molar-refractivity contribution is 5.67. The second kappa shape index (κ2) is 8.41. The maximum atomic E-state index is 13.8. The van der Waals surface area contributed by atoms with E-state index < -0.39 is 11.9 Å². The molecule has 1 amide bonds. The molecule has 2 heterocycles. The van der Waals surface area contributed by atoms with E-state index in [0.29, 0.717) is 6.54 Å². The first-order valence-corrected chi connectivity index (χ1v) is 8.38. The lowest BCUT2D eigenvalue weighted by Gasteiger charge is -2.33. The molecule has 1 aliphatic heterocycles. The molecule has 0 aliphatic carbocycles. The largest absolute Gasteiger partial charge is 0.441 e. The zero-order valence-corrected chi connectivity index (χ0v) is 14.1. The van der Waals surface area contributed by atoms with E-state index in [0.717, 1.165) is 31.0 Å². The summed E-state index contributed by atoms with van der Waals surface area (Å²) >= 11 is 0. The Bertz CT molecular complexity index is 807. The van der Waals surface area contributed by atoms with Gasteiger partial charge in [0, 0.05) is 18.3 Å². The highest BCUT2D eigenvalue weighted by Gasteiger charge is 2.30. The van der Waals surface area contributed by atoms with Crippen LogP contribution < -0.4 is 0 Å². The Hall–Kier alpha value is -2.98. The summed E-state index contributed by atoms with van der Waals surface area (Å²) in [5, 5.41) is 8.74. The van der Waals surface area contributed by atoms with Gasteiger partial charge in [0.25, 0.3) is 0 Å². The Morgan fingerprint density at radius 1 is 1.35 bits per heavy atom. The summed E-state index contributed by atoms with van der Waals surface area (Å²) in [4.78, 5) is 28.1. The molecular formula is C19H18FN3O3. The number of hydrogen-bond donors (Lipinski definition) is 0. The summed E-state index contributed by atoms with van der Waals surface area (Å²) in [7, 11) is 0. The Balaban J connectivity index is 1.59. The lowest BCUT2D eigenvalue weighted by atomic mass is 9.99. The number of likely N-dealkylation sites (tertiary alicyclic amines) is 1. The molecule has 1 aromatic carbocycles. The van der Waals surface area contributed by atoms with E-state index in [4.69, 9.17) is 15.0 Å². The van der Waals surface area contributed by atoms with Gasteiger partial charge in [0.05, 0.1) is 23.4 Å². The molecule has 2 aromatic rings. The van der Waals surface area contributed by atoms with Gasteiger partial charge in [-0.3, -0.25) is 14.8 Å². The molecule has 0 saturated carbocycles. The van der Waals surface area contributed by atoms with E-state index in [-0.39, 0.29) is 23.8 Å². The molecule has 6 nitrogen and oxygen atoms in total. The van der Waals surface area contributed by atoms with Crippen molar-refractivity contribution in [3.05, 3.63) is 65.2 Å². The second-order valence-corrected chi connectivity index (χ2v) is 5.99. The topological polar surface area (TPSA) is 75.5 Å². The van der Waals surface area contributed by atoms with Crippen molar-refractivity contribution in [3.63, 3.8) is 0 Å². The van der Waals surface area contributed by atoms with Crippen molar-refractivity contribution in [1.82, 2.24) is 9.88 Å². The third-order valence-electron chi connectivity index (χ3n) is 4.29. The fourth-order valence-electron chi connectivity index (χ4n) is 2.96. The summed E-state index contributed by atoms with van der Waals surface area (Å²) in [6.07, 6.45) is 3.76. The third-order valence-corrected chi connectivity index (χ3v) is 4.29. The van der Waals surface area contributed by atoms with Crippen LogP contribution in [0.4, 0.5) is 9.18 Å². The van der Waals surface area contributed by atoms with Crippen LogP contribution in [0.5, 0.6) is 0 Å². The smallest absolute Gasteiger partial charge is 0.297 e. The fraction of sp³-hybridized carbons (Fsp3) is 0.316. The number of benzene rings is 1. The summed E-state index contributed by atoms with van der Waals surface area (Å²) in [5.41, 5.74) is 1.23. The van der Waals surface area contributed by atoms with Crippen molar-refractivity contribution in [2.24, 2.45) is 0 Å². The van der Waals surface area contributed by atoms with Crippen LogP contribution in [0.2, 0.25) is 0 Å². The molecule has 0 N–H and O–H groups in total.